The van der Waals surface area contributed by atoms with Gasteiger partial charge in [0.25, 0.3) is 0 Å². The van der Waals surface area contributed by atoms with Gasteiger partial charge >= 0.3 is 0 Å². The minimum atomic E-state index is -0.198. The van der Waals surface area contributed by atoms with Crippen LogP contribution in [0.5, 0.6) is 0 Å². The average molecular weight is 232 g/mol. The topological polar surface area (TPSA) is 45.0 Å². The Balaban J connectivity index is 2.48. The SMILES string of the molecule is COC(C)(C)CNCC(C#N)c1ccccc1. The van der Waals surface area contributed by atoms with E-state index in [0.717, 1.165) is 12.1 Å². The van der Waals surface area contributed by atoms with E-state index >= 15 is 0 Å². The molecule has 17 heavy (non-hydrogen) atoms. The van der Waals surface area contributed by atoms with Gasteiger partial charge in [-0.15, -0.1) is 0 Å². The second kappa shape index (κ2) is 6.39. The van der Waals surface area contributed by atoms with Gasteiger partial charge in [0, 0.05) is 20.2 Å². The van der Waals surface area contributed by atoms with E-state index in [0.29, 0.717) is 6.54 Å². The molecule has 0 spiro atoms. The molecule has 92 valence electrons. The molecule has 0 saturated carbocycles. The van der Waals surface area contributed by atoms with E-state index in [4.69, 9.17) is 10.00 Å². The molecule has 0 aromatic heterocycles. The van der Waals surface area contributed by atoms with Crippen LogP contribution in [0.3, 0.4) is 0 Å². The first kappa shape index (κ1) is 13.7. The number of hydrogen-bond donors (Lipinski definition) is 1. The van der Waals surface area contributed by atoms with Gasteiger partial charge in [0.15, 0.2) is 0 Å². The monoisotopic (exact) mass is 232 g/mol. The Morgan fingerprint density at radius 2 is 2.00 bits per heavy atom. The highest BCUT2D eigenvalue weighted by Crippen LogP contribution is 2.13. The van der Waals surface area contributed by atoms with Crippen molar-refractivity contribution in [3.63, 3.8) is 0 Å². The van der Waals surface area contributed by atoms with Gasteiger partial charge in [0.1, 0.15) is 0 Å². The van der Waals surface area contributed by atoms with Crippen LogP contribution in [-0.2, 0) is 4.74 Å². The van der Waals surface area contributed by atoms with Crippen molar-refractivity contribution in [1.82, 2.24) is 5.32 Å². The number of nitrogens with one attached hydrogen (secondary N) is 1. The van der Waals surface area contributed by atoms with Gasteiger partial charge in [0.05, 0.1) is 17.6 Å². The smallest absolute Gasteiger partial charge is 0.0837 e. The van der Waals surface area contributed by atoms with Crippen molar-refractivity contribution >= 4 is 0 Å². The molecule has 1 N–H and O–H groups in total. The van der Waals surface area contributed by atoms with Crippen LogP contribution in [0.15, 0.2) is 30.3 Å². The lowest BCUT2D eigenvalue weighted by atomic mass is 10.0. The number of nitrogens with zero attached hydrogens (tertiary/aromatic N) is 1. The molecule has 3 nitrogen and oxygen atoms in total. The van der Waals surface area contributed by atoms with E-state index in [2.05, 4.69) is 11.4 Å². The molecule has 0 saturated heterocycles. The Labute approximate surface area is 103 Å². The molecule has 0 radical (unpaired) electrons. The van der Waals surface area contributed by atoms with E-state index in [1.165, 1.54) is 0 Å². The third kappa shape index (κ3) is 4.56. The van der Waals surface area contributed by atoms with E-state index in [1.807, 2.05) is 44.2 Å². The zero-order valence-electron chi connectivity index (χ0n) is 10.7. The molecule has 3 heteroatoms. The summed E-state index contributed by atoms with van der Waals surface area (Å²) in [7, 11) is 1.70. The molecule has 1 aromatic rings. The summed E-state index contributed by atoms with van der Waals surface area (Å²) >= 11 is 0. The molecule has 0 aliphatic rings. The molecule has 0 bridgehead atoms. The highest BCUT2D eigenvalue weighted by Gasteiger charge is 2.17. The summed E-state index contributed by atoms with van der Waals surface area (Å²) in [5.74, 6) is -0.108. The quantitative estimate of drug-likeness (QED) is 0.818. The molecule has 1 atom stereocenters. The van der Waals surface area contributed by atoms with Crippen molar-refractivity contribution in [2.45, 2.75) is 25.4 Å². The first-order valence-electron chi connectivity index (χ1n) is 5.79. The summed E-state index contributed by atoms with van der Waals surface area (Å²) in [6.45, 7) is 5.41. The van der Waals surface area contributed by atoms with Crippen LogP contribution in [0, 0.1) is 11.3 Å². The maximum Gasteiger partial charge on any atom is 0.0837 e. The highest BCUT2D eigenvalue weighted by atomic mass is 16.5. The van der Waals surface area contributed by atoms with Gasteiger partial charge in [-0.25, -0.2) is 0 Å². The summed E-state index contributed by atoms with van der Waals surface area (Å²) in [5, 5.41) is 12.4. The van der Waals surface area contributed by atoms with Gasteiger partial charge < -0.3 is 10.1 Å². The van der Waals surface area contributed by atoms with Crippen molar-refractivity contribution in [3.8, 4) is 6.07 Å². The Morgan fingerprint density at radius 1 is 1.35 bits per heavy atom. The lowest BCUT2D eigenvalue weighted by Gasteiger charge is -2.24. The third-order valence-electron chi connectivity index (χ3n) is 2.81. The Kier molecular flexibility index (Phi) is 5.14. The van der Waals surface area contributed by atoms with Crippen LogP contribution in [0.1, 0.15) is 25.3 Å². The van der Waals surface area contributed by atoms with E-state index in [1.54, 1.807) is 7.11 Å². The maximum absolute atomic E-state index is 9.14. The average Bonchev–Trinajstić information content (AvgIpc) is 2.36. The fourth-order valence-electron chi connectivity index (χ4n) is 1.51. The zero-order chi connectivity index (χ0) is 12.7. The summed E-state index contributed by atoms with van der Waals surface area (Å²) < 4.78 is 5.31. The van der Waals surface area contributed by atoms with Gasteiger partial charge in [-0.3, -0.25) is 0 Å². The van der Waals surface area contributed by atoms with Crippen LogP contribution < -0.4 is 5.32 Å². The molecule has 1 rings (SSSR count). The minimum absolute atomic E-state index is 0.108. The molecular weight excluding hydrogens is 212 g/mol. The normalized spacial score (nSPS) is 13.1. The molecular formula is C14H20N2O. The number of ether oxygens (including phenoxy) is 1. The molecule has 0 heterocycles. The predicted octanol–water partition coefficient (Wildman–Crippen LogP) is 2.31. The Bertz CT molecular complexity index is 368. The van der Waals surface area contributed by atoms with Crippen LogP contribution in [-0.4, -0.2) is 25.8 Å². The van der Waals surface area contributed by atoms with Gasteiger partial charge in [-0.1, -0.05) is 30.3 Å². The first-order chi connectivity index (χ1) is 8.09. The zero-order valence-corrected chi connectivity index (χ0v) is 10.7. The van der Waals surface area contributed by atoms with Crippen molar-refractivity contribution in [1.29, 1.82) is 5.26 Å². The molecule has 0 fully saturated rings. The standard InChI is InChI=1S/C14H20N2O/c1-14(2,17-3)11-16-10-13(9-15)12-7-5-4-6-8-12/h4-8,13,16H,10-11H2,1-3H3. The van der Waals surface area contributed by atoms with Crippen LogP contribution in [0.4, 0.5) is 0 Å². The van der Waals surface area contributed by atoms with Crippen molar-refractivity contribution in [2.24, 2.45) is 0 Å². The number of nitriles is 1. The number of hydrogen-bond acceptors (Lipinski definition) is 3. The number of methoxy groups -OCH3 is 1. The Hall–Kier alpha value is -1.37. The second-order valence-corrected chi connectivity index (χ2v) is 4.69. The maximum atomic E-state index is 9.14. The minimum Gasteiger partial charge on any atom is -0.377 e. The van der Waals surface area contributed by atoms with Crippen molar-refractivity contribution in [3.05, 3.63) is 35.9 Å². The lowest BCUT2D eigenvalue weighted by molar-refractivity contribution is 0.0234. The van der Waals surface area contributed by atoms with E-state index in [9.17, 15) is 0 Å². The van der Waals surface area contributed by atoms with Crippen LogP contribution in [0.2, 0.25) is 0 Å². The first-order valence-corrected chi connectivity index (χ1v) is 5.79. The number of rotatable bonds is 6. The molecule has 1 aromatic carbocycles. The van der Waals surface area contributed by atoms with Crippen molar-refractivity contribution < 1.29 is 4.74 Å². The highest BCUT2D eigenvalue weighted by molar-refractivity contribution is 5.24. The lowest BCUT2D eigenvalue weighted by Crippen LogP contribution is -2.38. The summed E-state index contributed by atoms with van der Waals surface area (Å²) in [6, 6.07) is 12.2. The molecule has 1 unspecified atom stereocenters. The summed E-state index contributed by atoms with van der Waals surface area (Å²) in [5.41, 5.74) is 0.856. The Morgan fingerprint density at radius 3 is 2.53 bits per heavy atom. The van der Waals surface area contributed by atoms with Crippen LogP contribution in [0.25, 0.3) is 0 Å². The second-order valence-electron chi connectivity index (χ2n) is 4.69. The summed E-state index contributed by atoms with van der Waals surface area (Å²) in [4.78, 5) is 0. The van der Waals surface area contributed by atoms with Gasteiger partial charge in [-0.05, 0) is 19.4 Å². The third-order valence-corrected chi connectivity index (χ3v) is 2.81. The van der Waals surface area contributed by atoms with Crippen LogP contribution >= 0.6 is 0 Å². The van der Waals surface area contributed by atoms with Crippen molar-refractivity contribution in [2.75, 3.05) is 20.2 Å². The van der Waals surface area contributed by atoms with Gasteiger partial charge in [0.2, 0.25) is 0 Å². The molecule has 0 aliphatic carbocycles. The summed E-state index contributed by atoms with van der Waals surface area (Å²) in [6.07, 6.45) is 0. The fraction of sp³-hybridized carbons (Fsp3) is 0.500. The van der Waals surface area contributed by atoms with Gasteiger partial charge in [-0.2, -0.15) is 5.26 Å². The molecule has 0 amide bonds. The fourth-order valence-corrected chi connectivity index (χ4v) is 1.51. The number of benzene rings is 1. The largest absolute Gasteiger partial charge is 0.377 e. The molecule has 0 aliphatic heterocycles. The predicted molar refractivity (Wildman–Crippen MR) is 68.8 cm³/mol. The van der Waals surface area contributed by atoms with E-state index in [-0.39, 0.29) is 11.5 Å². The van der Waals surface area contributed by atoms with E-state index < -0.39 is 0 Å².